The quantitative estimate of drug-likeness (QED) is 0.237. The van der Waals surface area contributed by atoms with Gasteiger partial charge in [-0.3, -0.25) is 0 Å². The molecular weight excluding hydrogens is 517 g/mol. The minimum absolute atomic E-state index is 0.0263. The number of Topliss-reactive ketones (excluding diaryl/α,β-unsaturated/α-hetero) is 1. The number of alkyl halides is 1. The Balaban J connectivity index is 1.59. The molecule has 0 aromatic carbocycles. The fourth-order valence-corrected chi connectivity index (χ4v) is 9.90. The van der Waals surface area contributed by atoms with E-state index in [1.807, 2.05) is 6.08 Å². The van der Waals surface area contributed by atoms with Crippen LogP contribution in [0, 0.1) is 27.4 Å². The second kappa shape index (κ2) is 7.85. The maximum absolute atomic E-state index is 13.4. The van der Waals surface area contributed by atoms with Crippen LogP contribution in [0.25, 0.3) is 0 Å². The summed E-state index contributed by atoms with van der Waals surface area (Å²) in [4.78, 5) is 31.3. The number of halogens is 1. The Hall–Kier alpha value is -0.830. The summed E-state index contributed by atoms with van der Waals surface area (Å²) >= 11 is -0.910. The molecule has 176 valence electrons. The molecule has 1 saturated carbocycles. The molecule has 0 aliphatic heterocycles. The van der Waals surface area contributed by atoms with Gasteiger partial charge in [0.25, 0.3) is 0 Å². The van der Waals surface area contributed by atoms with Crippen molar-refractivity contribution in [3.8, 4) is 0 Å². The molecule has 1 spiro atoms. The van der Waals surface area contributed by atoms with Gasteiger partial charge in [-0.15, -0.1) is 0 Å². The zero-order chi connectivity index (χ0) is 22.9. The van der Waals surface area contributed by atoms with E-state index in [-0.39, 0.29) is 29.4 Å². The number of ketones is 2. The molecule has 5 rings (SSSR count). The first-order valence-electron chi connectivity index (χ1n) is 12.1. The Labute approximate surface area is 201 Å². The molecule has 5 aliphatic rings. The molecular formula is C26H35INO4-. The molecule has 0 bridgehead atoms. The molecule has 0 saturated heterocycles. The van der Waals surface area contributed by atoms with Crippen LogP contribution in [0.2, 0.25) is 0 Å². The van der Waals surface area contributed by atoms with Crippen LogP contribution >= 0.6 is 0 Å². The molecule has 1 N–H and O–H groups in total. The van der Waals surface area contributed by atoms with Crippen LogP contribution in [-0.4, -0.2) is 22.1 Å². The molecule has 0 radical (unpaired) electrons. The fraction of sp³-hybridized carbons (Fsp3) is 0.692. The third kappa shape index (κ3) is 3.19. The predicted molar refractivity (Wildman–Crippen MR) is 118 cm³/mol. The number of hydrogen-bond acceptors (Lipinski definition) is 4. The summed E-state index contributed by atoms with van der Waals surface area (Å²) in [5, 5.41) is 12.9. The summed E-state index contributed by atoms with van der Waals surface area (Å²) in [6.07, 6.45) is 10.9. The van der Waals surface area contributed by atoms with E-state index in [1.54, 1.807) is 0 Å². The normalized spacial score (nSPS) is 39.5. The van der Waals surface area contributed by atoms with E-state index >= 15 is 0 Å². The molecule has 5 atom stereocenters. The van der Waals surface area contributed by atoms with Gasteiger partial charge in [-0.2, -0.15) is 0 Å². The fourth-order valence-electron chi connectivity index (χ4n) is 7.21. The zero-order valence-electron chi connectivity index (χ0n) is 19.7. The van der Waals surface area contributed by atoms with Crippen molar-refractivity contribution in [2.24, 2.45) is 22.2 Å². The van der Waals surface area contributed by atoms with Crippen molar-refractivity contribution in [3.05, 3.63) is 39.7 Å². The molecule has 6 heteroatoms. The van der Waals surface area contributed by atoms with Crippen LogP contribution in [0.4, 0.5) is 0 Å². The standard InChI is InChI=1S/C26H35INO4/c1-16(2)15-32-28(31)27-21-14-17-13-18(29)5-11-25(17,4)19-7-12-26-20(23(19)21)6-9-24(26,3)10-8-22(26)30/h6,13,16,21,28H,5,7-12,14-15H2,1-4H3/q-1/t21?,24-,25?,26?/m0/s1. The van der Waals surface area contributed by atoms with Gasteiger partial charge in [0.05, 0.1) is 0 Å². The Kier molecular flexibility index (Phi) is 5.63. The number of allylic oxidation sites excluding steroid dienone is 6. The van der Waals surface area contributed by atoms with E-state index in [0.717, 1.165) is 38.5 Å². The van der Waals surface area contributed by atoms with Crippen molar-refractivity contribution < 1.29 is 39.3 Å². The van der Waals surface area contributed by atoms with E-state index in [1.165, 1.54) is 22.3 Å². The first kappa shape index (κ1) is 22.9. The number of carbonyl (C=O) groups is 2. The van der Waals surface area contributed by atoms with Crippen LogP contribution in [0.15, 0.2) is 34.4 Å². The van der Waals surface area contributed by atoms with Crippen LogP contribution in [0.3, 0.4) is 0 Å². The summed E-state index contributed by atoms with van der Waals surface area (Å²) in [6, 6.07) is 0. The van der Waals surface area contributed by atoms with Crippen LogP contribution in [0.1, 0.15) is 79.1 Å². The summed E-state index contributed by atoms with van der Waals surface area (Å²) in [7, 11) is 0. The van der Waals surface area contributed by atoms with Crippen molar-refractivity contribution in [1.29, 1.82) is 0 Å². The van der Waals surface area contributed by atoms with E-state index in [4.69, 9.17) is 4.84 Å². The third-order valence-corrected chi connectivity index (χ3v) is 11.7. The first-order chi connectivity index (χ1) is 15.1. The van der Waals surface area contributed by atoms with E-state index < -0.39 is 21.5 Å². The van der Waals surface area contributed by atoms with Crippen molar-refractivity contribution >= 4 is 11.6 Å². The van der Waals surface area contributed by atoms with Gasteiger partial charge >= 0.3 is 202 Å². The second-order valence-corrected chi connectivity index (χ2v) is 14.3. The Bertz CT molecular complexity index is 965. The first-order valence-corrected chi connectivity index (χ1v) is 14.4. The van der Waals surface area contributed by atoms with E-state index in [0.29, 0.717) is 31.1 Å². The van der Waals surface area contributed by atoms with Gasteiger partial charge in [0.1, 0.15) is 0 Å². The maximum atomic E-state index is 13.4. The third-order valence-electron chi connectivity index (χ3n) is 9.04. The number of fused-ring (bicyclic) bond motifs is 3. The molecule has 0 heterocycles. The van der Waals surface area contributed by atoms with Gasteiger partial charge in [0.15, 0.2) is 0 Å². The molecule has 5 nitrogen and oxygen atoms in total. The Morgan fingerprint density at radius 2 is 1.97 bits per heavy atom. The number of nitrogens with one attached hydrogen (secondary N) is 1. The Morgan fingerprint density at radius 3 is 2.72 bits per heavy atom. The molecule has 0 aromatic rings. The summed E-state index contributed by atoms with van der Waals surface area (Å²) < 4.78 is 0.0484. The topological polar surface area (TPSA) is 70.9 Å². The van der Waals surface area contributed by atoms with Gasteiger partial charge in [-0.05, 0) is 0 Å². The van der Waals surface area contributed by atoms with Gasteiger partial charge in [0.2, 0.25) is 0 Å². The van der Waals surface area contributed by atoms with Crippen LogP contribution in [-0.2, 0) is 14.4 Å². The molecule has 32 heavy (non-hydrogen) atoms. The minimum atomic E-state index is -0.910. The predicted octanol–water partition coefficient (Wildman–Crippen LogP) is 0.805. The van der Waals surface area contributed by atoms with E-state index in [9.17, 15) is 14.8 Å². The van der Waals surface area contributed by atoms with Gasteiger partial charge < -0.3 is 0 Å². The SMILES string of the molecule is CC(C)CO[NH+]([O-])[I-]C1CC2=CC(=O)CCC2(C)C2=C1C1=CC[C@@]3(C)CCC(=O)C13CC2. The van der Waals surface area contributed by atoms with Crippen molar-refractivity contribution in [1.82, 2.24) is 0 Å². The molecule has 0 aromatic heterocycles. The number of hydrogen-bond donors (Lipinski definition) is 1. The zero-order valence-corrected chi connectivity index (χ0v) is 21.8. The average Bonchev–Trinajstić information content (AvgIpc) is 3.17. The van der Waals surface area contributed by atoms with Crippen molar-refractivity contribution in [2.75, 3.05) is 6.61 Å². The molecule has 4 unspecified atom stereocenters. The van der Waals surface area contributed by atoms with Gasteiger partial charge in [-0.1, -0.05) is 0 Å². The monoisotopic (exact) mass is 552 g/mol. The van der Waals surface area contributed by atoms with Crippen LogP contribution in [0.5, 0.6) is 0 Å². The van der Waals surface area contributed by atoms with Gasteiger partial charge in [0, 0.05) is 0 Å². The molecule has 5 aliphatic carbocycles. The number of rotatable bonds is 5. The van der Waals surface area contributed by atoms with E-state index in [2.05, 4.69) is 33.8 Å². The summed E-state index contributed by atoms with van der Waals surface area (Å²) in [5.74, 6) is 0.949. The van der Waals surface area contributed by atoms with Gasteiger partial charge in [-0.25, -0.2) is 0 Å². The molecule has 1 fully saturated rings. The second-order valence-electron chi connectivity index (χ2n) is 11.3. The number of quaternary nitrogens is 1. The van der Waals surface area contributed by atoms with Crippen LogP contribution < -0.4 is 24.9 Å². The summed E-state index contributed by atoms with van der Waals surface area (Å²) in [5.41, 5.74) is 4.81. The number of carbonyl (C=O) groups excluding carboxylic acids is 2. The molecule has 0 amide bonds. The van der Waals surface area contributed by atoms with Crippen molar-refractivity contribution in [3.63, 3.8) is 0 Å². The average molecular weight is 552 g/mol. The Morgan fingerprint density at radius 1 is 1.19 bits per heavy atom. The summed E-state index contributed by atoms with van der Waals surface area (Å²) in [6.45, 7) is 9.17. The van der Waals surface area contributed by atoms with Crippen molar-refractivity contribution in [2.45, 2.75) is 83.0 Å².